The third-order valence-electron chi connectivity index (χ3n) is 4.46. The molecule has 0 unspecified atom stereocenters. The first-order chi connectivity index (χ1) is 13.5. The smallest absolute Gasteiger partial charge is 0.271 e. The highest BCUT2D eigenvalue weighted by molar-refractivity contribution is 7.18. The van der Waals surface area contributed by atoms with Gasteiger partial charge in [-0.05, 0) is 39.3 Å². The van der Waals surface area contributed by atoms with E-state index in [1.807, 2.05) is 6.92 Å². The summed E-state index contributed by atoms with van der Waals surface area (Å²) in [6, 6.07) is 1.57. The van der Waals surface area contributed by atoms with Gasteiger partial charge in [0.1, 0.15) is 16.7 Å². The van der Waals surface area contributed by atoms with E-state index < -0.39 is 29.4 Å². The fourth-order valence-electron chi connectivity index (χ4n) is 2.97. The van der Waals surface area contributed by atoms with Crippen LogP contribution in [0.2, 0.25) is 0 Å². The van der Waals surface area contributed by atoms with E-state index in [9.17, 15) is 22.8 Å². The van der Waals surface area contributed by atoms with Crippen LogP contribution in [0.4, 0.5) is 13.2 Å². The Balaban J connectivity index is 1.91. The van der Waals surface area contributed by atoms with Gasteiger partial charge < -0.3 is 0 Å². The monoisotopic (exact) mass is 427 g/mol. The normalized spacial score (nSPS) is 13.1. The SMILES string of the molecule is CCCc1cc2c(=O)n(NC(=O)[C@@H](C)n3nc(C(F)(F)F)cc3C)c(C)nc2s1. The Hall–Kier alpha value is -2.69. The minimum atomic E-state index is -4.61. The minimum Gasteiger partial charge on any atom is -0.271 e. The number of thiophene rings is 1. The van der Waals surface area contributed by atoms with Crippen LogP contribution in [-0.2, 0) is 17.4 Å². The van der Waals surface area contributed by atoms with Crippen LogP contribution in [0.3, 0.4) is 0 Å². The standard InChI is InChI=1S/C18H20F3N5O2S/c1-5-6-12-8-13-16(29-12)22-11(4)26(17(13)28)24-15(27)10(3)25-9(2)7-14(23-25)18(19,20)21/h7-8,10H,5-6H2,1-4H3,(H,24,27)/t10-/m1/s1. The second kappa shape index (κ2) is 7.62. The molecule has 3 rings (SSSR count). The average molecular weight is 427 g/mol. The van der Waals surface area contributed by atoms with Crippen LogP contribution in [-0.4, -0.2) is 25.3 Å². The molecular formula is C18H20F3N5O2S. The van der Waals surface area contributed by atoms with Gasteiger partial charge in [0.2, 0.25) is 0 Å². The molecule has 3 aromatic rings. The Morgan fingerprint density at radius 3 is 2.59 bits per heavy atom. The Morgan fingerprint density at radius 2 is 2.00 bits per heavy atom. The van der Waals surface area contributed by atoms with Crippen molar-refractivity contribution in [3.05, 3.63) is 44.6 Å². The second-order valence-electron chi connectivity index (χ2n) is 6.75. The number of fused-ring (bicyclic) bond motifs is 1. The second-order valence-corrected chi connectivity index (χ2v) is 7.86. The lowest BCUT2D eigenvalue weighted by molar-refractivity contribution is -0.141. The summed E-state index contributed by atoms with van der Waals surface area (Å²) in [5, 5.41) is 3.89. The van der Waals surface area contributed by atoms with E-state index in [4.69, 9.17) is 0 Å². The maximum atomic E-state index is 12.9. The first-order valence-electron chi connectivity index (χ1n) is 8.99. The van der Waals surface area contributed by atoms with E-state index in [0.29, 0.717) is 10.2 Å². The van der Waals surface area contributed by atoms with Crippen LogP contribution in [0.15, 0.2) is 16.9 Å². The molecule has 0 radical (unpaired) electrons. The molecule has 0 bridgehead atoms. The number of nitrogens with zero attached hydrogens (tertiary/aromatic N) is 4. The Labute approximate surface area is 168 Å². The number of carbonyl (C=O) groups excluding carboxylic acids is 1. The third-order valence-corrected chi connectivity index (χ3v) is 5.55. The van der Waals surface area contributed by atoms with E-state index in [2.05, 4.69) is 15.5 Å². The summed E-state index contributed by atoms with van der Waals surface area (Å²) in [6.07, 6.45) is -2.86. The molecule has 0 saturated heterocycles. The number of hydrogen-bond donors (Lipinski definition) is 1. The summed E-state index contributed by atoms with van der Waals surface area (Å²) in [5.74, 6) is -0.401. The van der Waals surface area contributed by atoms with Crippen LogP contribution >= 0.6 is 11.3 Å². The molecule has 3 heterocycles. The molecule has 0 saturated carbocycles. The van der Waals surface area contributed by atoms with E-state index in [-0.39, 0.29) is 11.5 Å². The predicted molar refractivity (Wildman–Crippen MR) is 104 cm³/mol. The molecule has 7 nitrogen and oxygen atoms in total. The molecule has 1 atom stereocenters. The van der Waals surface area contributed by atoms with Gasteiger partial charge in [-0.15, -0.1) is 11.3 Å². The molecule has 0 aliphatic carbocycles. The lowest BCUT2D eigenvalue weighted by Crippen LogP contribution is -2.38. The maximum Gasteiger partial charge on any atom is 0.435 e. The van der Waals surface area contributed by atoms with Gasteiger partial charge in [-0.1, -0.05) is 13.3 Å². The third kappa shape index (κ3) is 4.04. The zero-order valence-corrected chi connectivity index (χ0v) is 17.1. The van der Waals surface area contributed by atoms with Gasteiger partial charge in [-0.2, -0.15) is 18.3 Å². The van der Waals surface area contributed by atoms with E-state index in [0.717, 1.165) is 33.1 Å². The zero-order valence-electron chi connectivity index (χ0n) is 16.3. The van der Waals surface area contributed by atoms with Gasteiger partial charge in [-0.3, -0.25) is 19.7 Å². The maximum absolute atomic E-state index is 12.9. The lowest BCUT2D eigenvalue weighted by Gasteiger charge is -2.16. The van der Waals surface area contributed by atoms with Gasteiger partial charge in [0.05, 0.1) is 5.39 Å². The summed E-state index contributed by atoms with van der Waals surface area (Å²) >= 11 is 1.43. The lowest BCUT2D eigenvalue weighted by atomic mass is 10.2. The quantitative estimate of drug-likeness (QED) is 0.675. The van der Waals surface area contributed by atoms with Crippen molar-refractivity contribution in [2.45, 2.75) is 52.8 Å². The summed E-state index contributed by atoms with van der Waals surface area (Å²) in [5.41, 5.74) is 1.12. The Kier molecular flexibility index (Phi) is 5.52. The molecule has 0 aliphatic heterocycles. The topological polar surface area (TPSA) is 81.8 Å². The van der Waals surface area contributed by atoms with Crippen molar-refractivity contribution < 1.29 is 18.0 Å². The number of aromatic nitrogens is 4. The molecule has 1 amide bonds. The van der Waals surface area contributed by atoms with Crippen molar-refractivity contribution in [2.75, 3.05) is 5.43 Å². The largest absolute Gasteiger partial charge is 0.435 e. The minimum absolute atomic E-state index is 0.180. The molecule has 1 N–H and O–H groups in total. The van der Waals surface area contributed by atoms with Crippen molar-refractivity contribution in [3.8, 4) is 0 Å². The molecular weight excluding hydrogens is 407 g/mol. The molecule has 11 heteroatoms. The van der Waals surface area contributed by atoms with Gasteiger partial charge in [0.25, 0.3) is 11.5 Å². The molecule has 0 fully saturated rings. The van der Waals surface area contributed by atoms with Crippen LogP contribution < -0.4 is 11.0 Å². The summed E-state index contributed by atoms with van der Waals surface area (Å²) in [4.78, 5) is 31.4. The highest BCUT2D eigenvalue weighted by atomic mass is 32.1. The first kappa shape index (κ1) is 21.0. The number of aryl methyl sites for hydroxylation is 3. The van der Waals surface area contributed by atoms with Crippen LogP contribution in [0.1, 0.15) is 48.4 Å². The molecule has 29 heavy (non-hydrogen) atoms. The Morgan fingerprint density at radius 1 is 1.31 bits per heavy atom. The highest BCUT2D eigenvalue weighted by Crippen LogP contribution is 2.29. The van der Waals surface area contributed by atoms with E-state index >= 15 is 0 Å². The summed E-state index contributed by atoms with van der Waals surface area (Å²) in [6.45, 7) is 6.44. The van der Waals surface area contributed by atoms with Crippen molar-refractivity contribution in [3.63, 3.8) is 0 Å². The first-order valence-corrected chi connectivity index (χ1v) is 9.80. The number of rotatable bonds is 5. The van der Waals surface area contributed by atoms with Crippen molar-refractivity contribution in [2.24, 2.45) is 0 Å². The van der Waals surface area contributed by atoms with Crippen LogP contribution in [0.25, 0.3) is 10.2 Å². The summed E-state index contributed by atoms with van der Waals surface area (Å²) in [7, 11) is 0. The van der Waals surface area contributed by atoms with E-state index in [1.165, 1.54) is 25.2 Å². The molecule has 0 spiro atoms. The number of amides is 1. The number of hydrogen-bond acceptors (Lipinski definition) is 5. The number of carbonyl (C=O) groups is 1. The van der Waals surface area contributed by atoms with Gasteiger partial charge in [0, 0.05) is 10.6 Å². The van der Waals surface area contributed by atoms with Crippen molar-refractivity contribution in [1.82, 2.24) is 19.4 Å². The summed E-state index contributed by atoms with van der Waals surface area (Å²) < 4.78 is 40.6. The average Bonchev–Trinajstić information content (AvgIpc) is 3.21. The van der Waals surface area contributed by atoms with Crippen LogP contribution in [0.5, 0.6) is 0 Å². The van der Waals surface area contributed by atoms with Gasteiger partial charge >= 0.3 is 6.18 Å². The van der Waals surface area contributed by atoms with Crippen LogP contribution in [0, 0.1) is 13.8 Å². The van der Waals surface area contributed by atoms with Crippen molar-refractivity contribution >= 4 is 27.5 Å². The number of alkyl halides is 3. The van der Waals surface area contributed by atoms with Gasteiger partial charge in [0.15, 0.2) is 5.69 Å². The molecule has 3 aromatic heterocycles. The molecule has 0 aliphatic rings. The zero-order chi connectivity index (χ0) is 21.5. The molecule has 0 aromatic carbocycles. The fourth-order valence-corrected chi connectivity index (χ4v) is 4.13. The number of nitrogens with one attached hydrogen (secondary N) is 1. The predicted octanol–water partition coefficient (Wildman–Crippen LogP) is 3.57. The van der Waals surface area contributed by atoms with E-state index in [1.54, 1.807) is 13.0 Å². The van der Waals surface area contributed by atoms with Crippen molar-refractivity contribution in [1.29, 1.82) is 0 Å². The van der Waals surface area contributed by atoms with Gasteiger partial charge in [-0.25, -0.2) is 9.66 Å². The highest BCUT2D eigenvalue weighted by Gasteiger charge is 2.35. The fraction of sp³-hybridized carbons (Fsp3) is 0.444. The molecule has 156 valence electrons. The number of halogens is 3. The Bertz CT molecular complexity index is 1130.